The Hall–Kier alpha value is -2.17. The monoisotopic (exact) mass is 368 g/mol. The summed E-state index contributed by atoms with van der Waals surface area (Å²) in [4.78, 5) is 12.7. The van der Waals surface area contributed by atoms with E-state index in [0.29, 0.717) is 5.56 Å². The van der Waals surface area contributed by atoms with Gasteiger partial charge in [-0.05, 0) is 11.1 Å². The van der Waals surface area contributed by atoms with Crippen molar-refractivity contribution < 1.29 is 14.6 Å². The fourth-order valence-corrected chi connectivity index (χ4v) is 3.76. The first kappa shape index (κ1) is 20.1. The van der Waals surface area contributed by atoms with E-state index in [-0.39, 0.29) is 5.92 Å². The molecule has 0 radical (unpaired) electrons. The van der Waals surface area contributed by atoms with Gasteiger partial charge in [0.1, 0.15) is 0 Å². The molecule has 0 aromatic heterocycles. The van der Waals surface area contributed by atoms with E-state index in [2.05, 4.69) is 31.4 Å². The van der Waals surface area contributed by atoms with Crippen LogP contribution in [0.15, 0.2) is 72.4 Å². The Labute approximate surface area is 157 Å². The van der Waals surface area contributed by atoms with E-state index in [1.165, 1.54) is 7.11 Å². The summed E-state index contributed by atoms with van der Waals surface area (Å²) in [6.45, 7) is 6.73. The van der Waals surface area contributed by atoms with Crippen LogP contribution in [0.2, 0.25) is 19.6 Å². The third-order valence-corrected chi connectivity index (χ3v) is 5.52. The van der Waals surface area contributed by atoms with Gasteiger partial charge in [0.2, 0.25) is 0 Å². The molecule has 0 aliphatic rings. The predicted octanol–water partition coefficient (Wildman–Crippen LogP) is 4.73. The van der Waals surface area contributed by atoms with Crippen LogP contribution in [0, 0.1) is 5.92 Å². The normalized spacial score (nSPS) is 15.4. The second-order valence-corrected chi connectivity index (χ2v) is 12.6. The standard InChI is InChI=1S/C22H28O3Si/c1-25-22(24)20(21(23)18-13-9-6-10-14-18)19(15-16-26(2,3)4)17-11-7-5-8-12-17/h5-16,19-21,23H,1-4H3/b16-15+/t19-,20-,21?/m0/s1. The van der Waals surface area contributed by atoms with Gasteiger partial charge in [0.25, 0.3) is 0 Å². The van der Waals surface area contributed by atoms with Gasteiger partial charge in [-0.15, -0.1) is 0 Å². The molecular formula is C22H28O3Si. The summed E-state index contributed by atoms with van der Waals surface area (Å²) in [5, 5.41) is 11.0. The number of aliphatic hydroxyl groups excluding tert-OH is 1. The Morgan fingerprint density at radius 1 is 0.962 bits per heavy atom. The largest absolute Gasteiger partial charge is 0.469 e. The number of carbonyl (C=O) groups excluding carboxylic acids is 1. The van der Waals surface area contributed by atoms with Crippen LogP contribution < -0.4 is 0 Å². The lowest BCUT2D eigenvalue weighted by atomic mass is 9.80. The molecule has 26 heavy (non-hydrogen) atoms. The first-order chi connectivity index (χ1) is 12.3. The Bertz CT molecular complexity index is 720. The van der Waals surface area contributed by atoms with Crippen LogP contribution in [-0.2, 0) is 9.53 Å². The average molecular weight is 369 g/mol. The van der Waals surface area contributed by atoms with Crippen LogP contribution in [0.4, 0.5) is 0 Å². The van der Waals surface area contributed by atoms with Gasteiger partial charge in [-0.25, -0.2) is 0 Å². The topological polar surface area (TPSA) is 46.5 Å². The minimum absolute atomic E-state index is 0.259. The van der Waals surface area contributed by atoms with Gasteiger partial charge < -0.3 is 9.84 Å². The van der Waals surface area contributed by atoms with Gasteiger partial charge in [-0.3, -0.25) is 4.79 Å². The van der Waals surface area contributed by atoms with E-state index in [0.717, 1.165) is 5.56 Å². The van der Waals surface area contributed by atoms with Crippen LogP contribution in [0.3, 0.4) is 0 Å². The lowest BCUT2D eigenvalue weighted by Crippen LogP contribution is -2.30. The Balaban J connectivity index is 2.51. The van der Waals surface area contributed by atoms with Gasteiger partial charge in [0.05, 0.1) is 27.2 Å². The highest BCUT2D eigenvalue weighted by molar-refractivity contribution is 6.80. The zero-order valence-corrected chi connectivity index (χ0v) is 16.9. The van der Waals surface area contributed by atoms with Crippen LogP contribution in [0.5, 0.6) is 0 Å². The van der Waals surface area contributed by atoms with E-state index in [1.54, 1.807) is 0 Å². The van der Waals surface area contributed by atoms with Crippen molar-refractivity contribution in [3.05, 3.63) is 83.6 Å². The van der Waals surface area contributed by atoms with Crippen LogP contribution in [-0.4, -0.2) is 26.3 Å². The number of aliphatic hydroxyl groups is 1. The molecule has 0 saturated heterocycles. The van der Waals surface area contributed by atoms with Crippen LogP contribution >= 0.6 is 0 Å². The molecule has 0 heterocycles. The first-order valence-corrected chi connectivity index (χ1v) is 12.5. The van der Waals surface area contributed by atoms with E-state index in [9.17, 15) is 9.90 Å². The number of rotatable bonds is 7. The third kappa shape index (κ3) is 5.41. The van der Waals surface area contributed by atoms with Gasteiger partial charge in [-0.2, -0.15) is 0 Å². The van der Waals surface area contributed by atoms with Gasteiger partial charge in [0.15, 0.2) is 0 Å². The maximum atomic E-state index is 12.7. The Morgan fingerprint density at radius 3 is 1.92 bits per heavy atom. The molecule has 0 fully saturated rings. The van der Waals surface area contributed by atoms with Crippen molar-refractivity contribution >= 4 is 14.0 Å². The smallest absolute Gasteiger partial charge is 0.312 e. The molecule has 2 aromatic rings. The molecule has 2 rings (SSSR count). The van der Waals surface area contributed by atoms with Crippen molar-refractivity contribution in [3.63, 3.8) is 0 Å². The highest BCUT2D eigenvalue weighted by Gasteiger charge is 2.36. The van der Waals surface area contributed by atoms with Crippen molar-refractivity contribution in [3.8, 4) is 0 Å². The van der Waals surface area contributed by atoms with Gasteiger partial charge >= 0.3 is 5.97 Å². The molecule has 0 spiro atoms. The Morgan fingerprint density at radius 2 is 1.46 bits per heavy atom. The predicted molar refractivity (Wildman–Crippen MR) is 109 cm³/mol. The summed E-state index contributed by atoms with van der Waals surface area (Å²) < 4.78 is 5.07. The number of methoxy groups -OCH3 is 1. The SMILES string of the molecule is COC(=O)[C@H](C(O)c1ccccc1)[C@@H](/C=C/[Si](C)(C)C)c1ccccc1. The molecule has 3 nitrogen and oxygen atoms in total. The summed E-state index contributed by atoms with van der Waals surface area (Å²) in [6, 6.07) is 19.1. The molecular weight excluding hydrogens is 340 g/mol. The molecule has 0 saturated carbocycles. The highest BCUT2D eigenvalue weighted by atomic mass is 28.3. The lowest BCUT2D eigenvalue weighted by molar-refractivity contribution is -0.150. The first-order valence-electron chi connectivity index (χ1n) is 8.88. The minimum Gasteiger partial charge on any atom is -0.469 e. The maximum Gasteiger partial charge on any atom is 0.312 e. The molecule has 0 aliphatic carbocycles. The molecule has 138 valence electrons. The molecule has 3 atom stereocenters. The summed E-state index contributed by atoms with van der Waals surface area (Å²) in [5.74, 6) is -1.38. The third-order valence-electron chi connectivity index (χ3n) is 4.33. The number of carbonyl (C=O) groups is 1. The maximum absolute atomic E-state index is 12.7. The van der Waals surface area contributed by atoms with Crippen molar-refractivity contribution in [2.75, 3.05) is 7.11 Å². The second-order valence-electron chi connectivity index (χ2n) is 7.57. The van der Waals surface area contributed by atoms with Crippen LogP contribution in [0.1, 0.15) is 23.1 Å². The molecule has 0 bridgehead atoms. The van der Waals surface area contributed by atoms with Crippen molar-refractivity contribution in [2.24, 2.45) is 5.92 Å². The zero-order chi connectivity index (χ0) is 19.2. The summed E-state index contributed by atoms with van der Waals surface area (Å²) >= 11 is 0. The van der Waals surface area contributed by atoms with Crippen LogP contribution in [0.25, 0.3) is 0 Å². The molecule has 1 N–H and O–H groups in total. The second kappa shape index (κ2) is 8.97. The van der Waals surface area contributed by atoms with E-state index >= 15 is 0 Å². The Kier molecular flexibility index (Phi) is 6.95. The average Bonchev–Trinajstić information content (AvgIpc) is 2.64. The quantitative estimate of drug-likeness (QED) is 0.568. The van der Waals surface area contributed by atoms with Crippen molar-refractivity contribution in [2.45, 2.75) is 31.7 Å². The molecule has 2 aromatic carbocycles. The van der Waals surface area contributed by atoms with E-state index in [4.69, 9.17) is 4.74 Å². The van der Waals surface area contributed by atoms with E-state index in [1.807, 2.05) is 60.7 Å². The summed E-state index contributed by atoms with van der Waals surface area (Å²) in [7, 11) is -0.0997. The number of ether oxygens (including phenoxy) is 1. The van der Waals surface area contributed by atoms with Crippen molar-refractivity contribution in [1.82, 2.24) is 0 Å². The van der Waals surface area contributed by atoms with Gasteiger partial charge in [-0.1, -0.05) is 92.1 Å². The highest BCUT2D eigenvalue weighted by Crippen LogP contribution is 2.37. The summed E-state index contributed by atoms with van der Waals surface area (Å²) in [6.07, 6.45) is 1.13. The number of benzene rings is 2. The van der Waals surface area contributed by atoms with E-state index < -0.39 is 26.1 Å². The number of hydrogen-bond donors (Lipinski definition) is 1. The fourth-order valence-electron chi connectivity index (χ4n) is 2.97. The molecule has 4 heteroatoms. The molecule has 0 amide bonds. The number of esters is 1. The van der Waals surface area contributed by atoms with Gasteiger partial charge in [0, 0.05) is 5.92 Å². The van der Waals surface area contributed by atoms with Crippen molar-refractivity contribution in [1.29, 1.82) is 0 Å². The number of hydrogen-bond acceptors (Lipinski definition) is 3. The fraction of sp³-hybridized carbons (Fsp3) is 0.318. The summed E-state index contributed by atoms with van der Waals surface area (Å²) in [5.41, 5.74) is 3.93. The zero-order valence-electron chi connectivity index (χ0n) is 15.9. The number of allylic oxidation sites excluding steroid dienone is 1. The lowest BCUT2D eigenvalue weighted by Gasteiger charge is -2.28. The minimum atomic E-state index is -1.47. The molecule has 0 aliphatic heterocycles. The molecule has 1 unspecified atom stereocenters.